The van der Waals surface area contributed by atoms with Crippen molar-refractivity contribution in [2.75, 3.05) is 11.5 Å². The van der Waals surface area contributed by atoms with Gasteiger partial charge in [-0.1, -0.05) is 53.7 Å². The smallest absolute Gasteiger partial charge is 0.336 e. The van der Waals surface area contributed by atoms with Gasteiger partial charge in [0.1, 0.15) is 0 Å². The van der Waals surface area contributed by atoms with E-state index in [1.807, 2.05) is 12.1 Å². The molecule has 0 aromatic heterocycles. The van der Waals surface area contributed by atoms with E-state index < -0.39 is 11.9 Å². The van der Waals surface area contributed by atoms with Gasteiger partial charge in [-0.05, 0) is 83.7 Å². The molecule has 186 valence electrons. The predicted molar refractivity (Wildman–Crippen MR) is 139 cm³/mol. The van der Waals surface area contributed by atoms with Crippen molar-refractivity contribution in [1.29, 1.82) is 0 Å². The molecular weight excluding hydrogens is 428 g/mol. The molecule has 0 spiro atoms. The van der Waals surface area contributed by atoms with Crippen LogP contribution in [-0.4, -0.2) is 22.2 Å². The second-order valence-corrected chi connectivity index (χ2v) is 10.4. The molecule has 0 saturated carbocycles. The number of aromatic carboxylic acids is 2. The first-order valence-electron chi connectivity index (χ1n) is 12.1. The van der Waals surface area contributed by atoms with E-state index in [-0.39, 0.29) is 22.0 Å². The van der Waals surface area contributed by atoms with Crippen LogP contribution in [0.15, 0.2) is 24.3 Å². The monoisotopic (exact) mass is 468 g/mol. The Morgan fingerprint density at radius 2 is 1.03 bits per heavy atom. The quantitative estimate of drug-likeness (QED) is 0.230. The van der Waals surface area contributed by atoms with Crippen LogP contribution < -0.4 is 11.5 Å². The molecule has 6 nitrogen and oxygen atoms in total. The Hall–Kier alpha value is -3.02. The van der Waals surface area contributed by atoms with E-state index in [9.17, 15) is 19.8 Å². The number of benzene rings is 2. The standard InChI is InChI=1S/C28H40N2O4/c1-7-27(3,4)21-15-13-19(25(31)32)17(23(21)29)11-9-10-12-18-20(26(33)34)14-16-22(24(18)30)28(5,6)8-2/h13-16H,7-12,29-30H2,1-6H3,(H,31,32)(H,33,34). The number of carbonyl (C=O) groups is 2. The molecule has 2 aromatic rings. The highest BCUT2D eigenvalue weighted by molar-refractivity contribution is 5.92. The Morgan fingerprint density at radius 3 is 1.29 bits per heavy atom. The molecule has 0 saturated heterocycles. The van der Waals surface area contributed by atoms with Crippen molar-refractivity contribution in [2.45, 2.75) is 90.9 Å². The molecule has 2 aromatic carbocycles. The number of anilines is 2. The zero-order valence-electron chi connectivity index (χ0n) is 21.4. The van der Waals surface area contributed by atoms with E-state index in [0.717, 1.165) is 24.0 Å². The van der Waals surface area contributed by atoms with Gasteiger partial charge in [0.25, 0.3) is 0 Å². The average Bonchev–Trinajstić information content (AvgIpc) is 2.77. The summed E-state index contributed by atoms with van der Waals surface area (Å²) < 4.78 is 0. The molecule has 0 aliphatic heterocycles. The number of carboxylic acids is 2. The number of carboxylic acid groups (broad SMARTS) is 2. The van der Waals surface area contributed by atoms with Crippen molar-refractivity contribution in [2.24, 2.45) is 0 Å². The van der Waals surface area contributed by atoms with Crippen molar-refractivity contribution >= 4 is 23.3 Å². The van der Waals surface area contributed by atoms with E-state index in [1.54, 1.807) is 12.1 Å². The van der Waals surface area contributed by atoms with E-state index in [2.05, 4.69) is 41.5 Å². The van der Waals surface area contributed by atoms with Crippen molar-refractivity contribution in [3.05, 3.63) is 57.6 Å². The summed E-state index contributed by atoms with van der Waals surface area (Å²) in [5.74, 6) is -1.98. The van der Waals surface area contributed by atoms with Gasteiger partial charge >= 0.3 is 11.9 Å². The Bertz CT molecular complexity index is 985. The molecule has 0 amide bonds. The second-order valence-electron chi connectivity index (χ2n) is 10.4. The Labute approximate surface area is 203 Å². The van der Waals surface area contributed by atoms with Crippen LogP contribution in [0.3, 0.4) is 0 Å². The maximum Gasteiger partial charge on any atom is 0.336 e. The highest BCUT2D eigenvalue weighted by atomic mass is 16.4. The summed E-state index contributed by atoms with van der Waals surface area (Å²) in [7, 11) is 0. The summed E-state index contributed by atoms with van der Waals surface area (Å²) in [6.07, 6.45) is 4.10. The molecule has 0 fully saturated rings. The highest BCUT2D eigenvalue weighted by Crippen LogP contribution is 2.37. The van der Waals surface area contributed by atoms with Gasteiger partial charge in [0.15, 0.2) is 0 Å². The van der Waals surface area contributed by atoms with Crippen molar-refractivity contribution < 1.29 is 19.8 Å². The Morgan fingerprint density at radius 1 is 0.706 bits per heavy atom. The van der Waals surface area contributed by atoms with Crippen LogP contribution in [0.4, 0.5) is 11.4 Å². The minimum absolute atomic E-state index is 0.159. The number of nitrogen functional groups attached to an aromatic ring is 2. The molecule has 0 aliphatic rings. The van der Waals surface area contributed by atoms with Gasteiger partial charge in [0, 0.05) is 11.4 Å². The lowest BCUT2D eigenvalue weighted by Gasteiger charge is -2.27. The van der Waals surface area contributed by atoms with Gasteiger partial charge in [0.2, 0.25) is 0 Å². The summed E-state index contributed by atoms with van der Waals surface area (Å²) in [6, 6.07) is 6.95. The minimum atomic E-state index is -0.991. The number of unbranched alkanes of at least 4 members (excludes halogenated alkanes) is 1. The normalized spacial score (nSPS) is 12.1. The molecule has 0 bridgehead atoms. The van der Waals surface area contributed by atoms with Crippen molar-refractivity contribution in [3.63, 3.8) is 0 Å². The highest BCUT2D eigenvalue weighted by Gasteiger charge is 2.26. The molecule has 6 heteroatoms. The van der Waals surface area contributed by atoms with Crippen LogP contribution >= 0.6 is 0 Å². The van der Waals surface area contributed by atoms with Gasteiger partial charge in [0.05, 0.1) is 11.1 Å². The SMILES string of the molecule is CCC(C)(C)c1ccc(C(=O)O)c(CCCCc2c(C(=O)O)ccc(C(C)(C)CC)c2N)c1N. The lowest BCUT2D eigenvalue weighted by atomic mass is 9.78. The van der Waals surface area contributed by atoms with Crippen LogP contribution in [0.25, 0.3) is 0 Å². The lowest BCUT2D eigenvalue weighted by Crippen LogP contribution is -2.20. The Kier molecular flexibility index (Phi) is 8.40. The number of hydrogen-bond donors (Lipinski definition) is 4. The molecule has 0 atom stereocenters. The lowest BCUT2D eigenvalue weighted by molar-refractivity contribution is 0.0684. The number of hydrogen-bond acceptors (Lipinski definition) is 4. The van der Waals surface area contributed by atoms with Gasteiger partial charge in [-0.25, -0.2) is 9.59 Å². The first-order chi connectivity index (χ1) is 15.8. The largest absolute Gasteiger partial charge is 0.478 e. The fraction of sp³-hybridized carbons (Fsp3) is 0.500. The van der Waals surface area contributed by atoms with Crippen LogP contribution in [0.5, 0.6) is 0 Å². The number of nitrogens with two attached hydrogens (primary N) is 2. The third-order valence-electron chi connectivity index (χ3n) is 7.50. The second kappa shape index (κ2) is 10.5. The molecule has 0 unspecified atom stereocenters. The van der Waals surface area contributed by atoms with E-state index >= 15 is 0 Å². The van der Waals surface area contributed by atoms with Gasteiger partial charge in [-0.2, -0.15) is 0 Å². The summed E-state index contributed by atoms with van der Waals surface area (Å²) in [6.45, 7) is 12.6. The third-order valence-corrected chi connectivity index (χ3v) is 7.50. The fourth-order valence-corrected chi connectivity index (χ4v) is 4.43. The minimum Gasteiger partial charge on any atom is -0.478 e. The maximum atomic E-state index is 11.8. The zero-order chi connectivity index (χ0) is 25.8. The van der Waals surface area contributed by atoms with Crippen molar-refractivity contribution in [1.82, 2.24) is 0 Å². The molecule has 0 radical (unpaired) electrons. The maximum absolute atomic E-state index is 11.8. The molecule has 2 rings (SSSR count). The molecule has 6 N–H and O–H groups in total. The summed E-state index contributed by atoms with van der Waals surface area (Å²) in [4.78, 5) is 23.7. The average molecular weight is 469 g/mol. The Balaban J connectivity index is 2.32. The predicted octanol–water partition coefficient (Wildman–Crippen LogP) is 6.19. The van der Waals surface area contributed by atoms with Gasteiger partial charge in [-0.15, -0.1) is 0 Å². The summed E-state index contributed by atoms with van der Waals surface area (Å²) in [5, 5.41) is 19.4. The van der Waals surface area contributed by atoms with Crippen LogP contribution in [0.1, 0.15) is 110 Å². The fourth-order valence-electron chi connectivity index (χ4n) is 4.43. The first-order valence-corrected chi connectivity index (χ1v) is 12.1. The first kappa shape index (κ1) is 27.2. The number of rotatable bonds is 11. The zero-order valence-corrected chi connectivity index (χ0v) is 21.4. The van der Waals surface area contributed by atoms with E-state index in [4.69, 9.17) is 11.5 Å². The van der Waals surface area contributed by atoms with Gasteiger partial charge in [-0.3, -0.25) is 0 Å². The topological polar surface area (TPSA) is 127 Å². The summed E-state index contributed by atoms with van der Waals surface area (Å²) >= 11 is 0. The molecular formula is C28H40N2O4. The van der Waals surface area contributed by atoms with Crippen LogP contribution in [0, 0.1) is 0 Å². The molecule has 34 heavy (non-hydrogen) atoms. The third kappa shape index (κ3) is 5.54. The van der Waals surface area contributed by atoms with E-state index in [1.165, 1.54) is 0 Å². The van der Waals surface area contributed by atoms with Crippen LogP contribution in [0.2, 0.25) is 0 Å². The van der Waals surface area contributed by atoms with Crippen LogP contribution in [-0.2, 0) is 23.7 Å². The van der Waals surface area contributed by atoms with Crippen molar-refractivity contribution in [3.8, 4) is 0 Å². The summed E-state index contributed by atoms with van der Waals surface area (Å²) in [5.41, 5.74) is 17.4. The van der Waals surface area contributed by atoms with E-state index in [0.29, 0.717) is 48.2 Å². The molecule has 0 aliphatic carbocycles. The van der Waals surface area contributed by atoms with Gasteiger partial charge < -0.3 is 21.7 Å². The molecule has 0 heterocycles.